The zero-order valence-electron chi connectivity index (χ0n) is 27.4. The number of sulfonamides is 1. The maximum Gasteiger partial charge on any atom is 0.263 e. The molecule has 1 aromatic heterocycles. The monoisotopic (exact) mass is 645 g/mol. The molecule has 11 heteroatoms. The molecular weight excluding hydrogens is 602 g/mol. The highest BCUT2D eigenvalue weighted by Crippen LogP contribution is 2.41. The Kier molecular flexibility index (Phi) is 8.33. The first-order chi connectivity index (χ1) is 21.8. The number of aryl methyl sites for hydroxylation is 1. The highest BCUT2D eigenvalue weighted by atomic mass is 32.2. The number of carbonyl (C=O) groups excluding carboxylic acids is 2. The number of amidine groups is 1. The molecule has 3 heterocycles. The molecule has 46 heavy (non-hydrogen) atoms. The first-order valence-corrected chi connectivity index (χ1v) is 17.7. The molecule has 1 saturated carbocycles. The molecule has 0 radical (unpaired) electrons. The number of carbonyl (C=O) groups is 2. The lowest BCUT2D eigenvalue weighted by atomic mass is 9.92. The smallest absolute Gasteiger partial charge is 0.263 e. The molecule has 3 aromatic rings. The maximum atomic E-state index is 13.8. The van der Waals surface area contributed by atoms with E-state index in [4.69, 9.17) is 9.52 Å². The normalized spacial score (nSPS) is 19.0. The van der Waals surface area contributed by atoms with E-state index >= 15 is 0 Å². The summed E-state index contributed by atoms with van der Waals surface area (Å²) in [7, 11) is -4.06. The Morgan fingerprint density at radius 2 is 1.70 bits per heavy atom. The Bertz CT molecular complexity index is 1820. The summed E-state index contributed by atoms with van der Waals surface area (Å²) in [6.45, 7) is 10.8. The Morgan fingerprint density at radius 1 is 0.957 bits per heavy atom. The Hall–Kier alpha value is -3.99. The number of hydrogen-bond donors (Lipinski definition) is 1. The number of rotatable bonds is 10. The summed E-state index contributed by atoms with van der Waals surface area (Å²) >= 11 is 0. The van der Waals surface area contributed by atoms with Gasteiger partial charge >= 0.3 is 0 Å². The van der Waals surface area contributed by atoms with E-state index in [1.165, 1.54) is 0 Å². The Labute approximate surface area is 271 Å². The van der Waals surface area contributed by atoms with Gasteiger partial charge in [-0.1, -0.05) is 75.2 Å². The van der Waals surface area contributed by atoms with E-state index in [1.54, 1.807) is 38.1 Å². The predicted octanol–water partition coefficient (Wildman–Crippen LogP) is 6.37. The summed E-state index contributed by atoms with van der Waals surface area (Å²) in [5.74, 6) is 1.67. The van der Waals surface area contributed by atoms with E-state index in [0.717, 1.165) is 61.9 Å². The summed E-state index contributed by atoms with van der Waals surface area (Å²) in [5, 5.41) is 3.90. The van der Waals surface area contributed by atoms with Crippen LogP contribution in [0.4, 0.5) is 5.82 Å². The molecule has 2 fully saturated rings. The van der Waals surface area contributed by atoms with Crippen molar-refractivity contribution in [2.24, 2.45) is 10.4 Å². The molecule has 6 rings (SSSR count). The molecule has 1 N–H and O–H groups in total. The van der Waals surface area contributed by atoms with E-state index in [-0.39, 0.29) is 22.5 Å². The van der Waals surface area contributed by atoms with Gasteiger partial charge in [-0.15, -0.1) is 0 Å². The molecule has 0 bridgehead atoms. The lowest BCUT2D eigenvalue weighted by molar-refractivity contribution is -0.135. The molecule has 244 valence electrons. The van der Waals surface area contributed by atoms with Crippen LogP contribution in [0.5, 0.6) is 0 Å². The van der Waals surface area contributed by atoms with Crippen LogP contribution in [0.2, 0.25) is 0 Å². The molecule has 2 aliphatic heterocycles. The molecule has 2 amide bonds. The lowest BCUT2D eigenvalue weighted by Gasteiger charge is -2.25. The molecule has 0 unspecified atom stereocenters. The van der Waals surface area contributed by atoms with Gasteiger partial charge in [0.2, 0.25) is 5.91 Å². The van der Waals surface area contributed by atoms with Crippen LogP contribution in [0.3, 0.4) is 0 Å². The fourth-order valence-corrected chi connectivity index (χ4v) is 8.21. The zero-order chi connectivity index (χ0) is 32.9. The third-order valence-electron chi connectivity index (χ3n) is 9.80. The van der Waals surface area contributed by atoms with Crippen molar-refractivity contribution in [3.05, 3.63) is 64.9 Å². The van der Waals surface area contributed by atoms with Crippen molar-refractivity contribution in [2.75, 3.05) is 11.3 Å². The molecule has 2 aromatic carbocycles. The predicted molar refractivity (Wildman–Crippen MR) is 177 cm³/mol. The molecule has 0 atom stereocenters. The van der Waals surface area contributed by atoms with Gasteiger partial charge in [-0.25, -0.2) is 8.42 Å². The number of nitrogens with zero attached hydrogens (tertiary/aromatic N) is 4. The summed E-state index contributed by atoms with van der Waals surface area (Å²) in [4.78, 5) is 35.9. The second kappa shape index (κ2) is 12.0. The van der Waals surface area contributed by atoms with Crippen LogP contribution in [0.25, 0.3) is 11.1 Å². The maximum absolute atomic E-state index is 13.8. The van der Waals surface area contributed by atoms with Crippen molar-refractivity contribution in [1.29, 1.82) is 0 Å². The van der Waals surface area contributed by atoms with Gasteiger partial charge in [0.1, 0.15) is 17.1 Å². The number of likely N-dealkylation sites (tertiary alicyclic amines) is 1. The topological polar surface area (TPSA) is 125 Å². The minimum absolute atomic E-state index is 0.0681. The third kappa shape index (κ3) is 5.74. The molecule has 3 aliphatic rings. The van der Waals surface area contributed by atoms with Crippen molar-refractivity contribution in [2.45, 2.75) is 103 Å². The average molecular weight is 646 g/mol. The largest absolute Gasteiger partial charge is 0.359 e. The lowest BCUT2D eigenvalue weighted by Crippen LogP contribution is -2.40. The number of hydrogen-bond acceptors (Lipinski definition) is 7. The van der Waals surface area contributed by atoms with Crippen LogP contribution in [0.1, 0.15) is 88.2 Å². The second-order valence-electron chi connectivity index (χ2n) is 13.6. The van der Waals surface area contributed by atoms with Gasteiger partial charge < -0.3 is 9.42 Å². The van der Waals surface area contributed by atoms with Crippen LogP contribution in [0.15, 0.2) is 56.9 Å². The fourth-order valence-electron chi connectivity index (χ4n) is 6.93. The van der Waals surface area contributed by atoms with Crippen molar-refractivity contribution in [3.8, 4) is 11.1 Å². The van der Waals surface area contributed by atoms with Crippen LogP contribution in [-0.4, -0.2) is 53.1 Å². The second-order valence-corrected chi connectivity index (χ2v) is 15.2. The third-order valence-corrected chi connectivity index (χ3v) is 11.2. The van der Waals surface area contributed by atoms with Crippen LogP contribution < -0.4 is 4.72 Å². The van der Waals surface area contributed by atoms with Crippen molar-refractivity contribution >= 4 is 33.5 Å². The van der Waals surface area contributed by atoms with Crippen LogP contribution >= 0.6 is 0 Å². The highest BCUT2D eigenvalue weighted by Gasteiger charge is 2.49. The number of anilines is 1. The SMILES string of the molecule is CCCC1=NC2(CCCC2)C(=O)N1Cc1ccc(-c2ccccc2S(=O)(=O)Nc2noc(C)c2C)c(CN2CCC(C)(C)C2=O)c1. The van der Waals surface area contributed by atoms with Gasteiger partial charge in [0, 0.05) is 36.1 Å². The average Bonchev–Trinajstić information content (AvgIpc) is 3.75. The van der Waals surface area contributed by atoms with Crippen LogP contribution in [0, 0.1) is 19.3 Å². The van der Waals surface area contributed by atoms with Gasteiger partial charge in [-0.3, -0.25) is 24.2 Å². The van der Waals surface area contributed by atoms with Crippen molar-refractivity contribution < 1.29 is 22.5 Å². The van der Waals surface area contributed by atoms with E-state index in [0.29, 0.717) is 42.1 Å². The number of nitrogens with one attached hydrogen (secondary N) is 1. The Balaban J connectivity index is 1.39. The van der Waals surface area contributed by atoms with Crippen molar-refractivity contribution in [1.82, 2.24) is 15.0 Å². The van der Waals surface area contributed by atoms with Gasteiger partial charge in [0.05, 0.1) is 11.4 Å². The van der Waals surface area contributed by atoms with Gasteiger partial charge in [0.15, 0.2) is 5.82 Å². The van der Waals surface area contributed by atoms with E-state index in [9.17, 15) is 18.0 Å². The van der Waals surface area contributed by atoms with E-state index < -0.39 is 21.0 Å². The first-order valence-electron chi connectivity index (χ1n) is 16.2. The van der Waals surface area contributed by atoms with Gasteiger partial charge in [0.25, 0.3) is 15.9 Å². The number of benzene rings is 2. The van der Waals surface area contributed by atoms with Gasteiger partial charge in [-0.2, -0.15) is 0 Å². The summed E-state index contributed by atoms with van der Waals surface area (Å²) < 4.78 is 35.4. The molecule has 10 nitrogen and oxygen atoms in total. The minimum atomic E-state index is -4.06. The molecular formula is C35H43N5O5S. The summed E-state index contributed by atoms with van der Waals surface area (Å²) in [6.07, 6.45) is 5.97. The van der Waals surface area contributed by atoms with Crippen LogP contribution in [-0.2, 0) is 32.7 Å². The number of amides is 2. The molecule has 1 aliphatic carbocycles. The van der Waals surface area contributed by atoms with E-state index in [2.05, 4.69) is 16.8 Å². The summed E-state index contributed by atoms with van der Waals surface area (Å²) in [5.41, 5.74) is 2.47. The standard InChI is InChI=1S/C35H43N5O5S/c1-6-11-30-36-35(16-9-10-17-35)33(42)40(30)21-25-14-15-27(26(20-25)22-39-19-18-34(4,5)32(39)41)28-12-7-8-13-29(28)46(43,44)38-31-23(2)24(3)45-37-31/h7-8,12-15,20H,6,9-11,16-19,21-22H2,1-5H3,(H,37,38). The summed E-state index contributed by atoms with van der Waals surface area (Å²) in [6, 6.07) is 12.7. The molecule has 1 spiro atoms. The Morgan fingerprint density at radius 3 is 2.35 bits per heavy atom. The minimum Gasteiger partial charge on any atom is -0.359 e. The molecule has 1 saturated heterocycles. The fraction of sp³-hybridized carbons (Fsp3) is 0.486. The number of aromatic nitrogens is 1. The quantitative estimate of drug-likeness (QED) is 0.273. The van der Waals surface area contributed by atoms with Crippen molar-refractivity contribution in [3.63, 3.8) is 0 Å². The zero-order valence-corrected chi connectivity index (χ0v) is 28.2. The first kappa shape index (κ1) is 32.0. The van der Waals surface area contributed by atoms with E-state index in [1.807, 2.05) is 41.8 Å². The van der Waals surface area contributed by atoms with Gasteiger partial charge in [-0.05, 0) is 62.3 Å². The number of aliphatic imine (C=N–C) groups is 1. The highest BCUT2D eigenvalue weighted by molar-refractivity contribution is 7.92.